The van der Waals surface area contributed by atoms with E-state index in [4.69, 9.17) is 11.6 Å². The van der Waals surface area contributed by atoms with Crippen LogP contribution in [-0.2, 0) is 25.8 Å². The van der Waals surface area contributed by atoms with Crippen molar-refractivity contribution in [2.75, 3.05) is 25.0 Å². The van der Waals surface area contributed by atoms with Gasteiger partial charge in [0.05, 0.1) is 24.3 Å². The molecular weight excluding hydrogens is 490 g/mol. The van der Waals surface area contributed by atoms with Crippen LogP contribution in [0.2, 0.25) is 5.28 Å². The van der Waals surface area contributed by atoms with Crippen LogP contribution in [0.15, 0.2) is 24.3 Å². The van der Waals surface area contributed by atoms with Gasteiger partial charge in [-0.25, -0.2) is 14.8 Å². The zero-order valence-corrected chi connectivity index (χ0v) is 18.2. The molecule has 0 aliphatic carbocycles. The Morgan fingerprint density at radius 2 is 1.91 bits per heavy atom. The summed E-state index contributed by atoms with van der Waals surface area (Å²) in [5, 5.41) is 5.16. The number of fused-ring (bicyclic) bond motifs is 1. The number of piperazine rings is 1. The fraction of sp³-hybridized carbons (Fsp3) is 0.450. The lowest BCUT2D eigenvalue weighted by Gasteiger charge is -2.36. The molecule has 1 saturated heterocycles. The van der Waals surface area contributed by atoms with Gasteiger partial charge in [-0.1, -0.05) is 12.1 Å². The van der Waals surface area contributed by atoms with E-state index in [9.17, 15) is 31.1 Å². The third kappa shape index (κ3) is 5.30. The number of hydrogen-bond donors (Lipinski definition) is 2. The van der Waals surface area contributed by atoms with Crippen molar-refractivity contribution in [3.63, 3.8) is 0 Å². The van der Waals surface area contributed by atoms with E-state index < -0.39 is 36.5 Å². The minimum atomic E-state index is -4.48. The van der Waals surface area contributed by atoms with Gasteiger partial charge in [0.1, 0.15) is 11.9 Å². The minimum absolute atomic E-state index is 0.00268. The second-order valence-electron chi connectivity index (χ2n) is 7.95. The summed E-state index contributed by atoms with van der Waals surface area (Å²) in [6.45, 7) is -0.339. The Kier molecular flexibility index (Phi) is 6.51. The highest BCUT2D eigenvalue weighted by atomic mass is 35.5. The van der Waals surface area contributed by atoms with Crippen LogP contribution in [0, 0.1) is 0 Å². The Morgan fingerprint density at radius 3 is 2.62 bits per heavy atom. The summed E-state index contributed by atoms with van der Waals surface area (Å²) in [7, 11) is 0. The third-order valence-electron chi connectivity index (χ3n) is 5.58. The predicted molar refractivity (Wildman–Crippen MR) is 110 cm³/mol. The molecule has 1 unspecified atom stereocenters. The van der Waals surface area contributed by atoms with Crippen LogP contribution in [0.3, 0.4) is 0 Å². The molecule has 2 amide bonds. The summed E-state index contributed by atoms with van der Waals surface area (Å²) in [5.41, 5.74) is 0.487. The van der Waals surface area contributed by atoms with Crippen LogP contribution in [0.4, 0.5) is 37.0 Å². The van der Waals surface area contributed by atoms with Crippen LogP contribution < -0.4 is 10.6 Å². The molecule has 1 fully saturated rings. The summed E-state index contributed by atoms with van der Waals surface area (Å²) >= 11 is 5.98. The van der Waals surface area contributed by atoms with Gasteiger partial charge in [-0.05, 0) is 29.3 Å². The number of carbonyl (C=O) groups is 1. The van der Waals surface area contributed by atoms with Gasteiger partial charge in [-0.2, -0.15) is 26.3 Å². The number of carbonyl (C=O) groups excluding carboxylic acids is 1. The van der Waals surface area contributed by atoms with Crippen LogP contribution in [-0.4, -0.2) is 57.7 Å². The molecule has 1 atom stereocenters. The summed E-state index contributed by atoms with van der Waals surface area (Å²) in [5.74, 6) is 0.246. The van der Waals surface area contributed by atoms with Gasteiger partial charge in [0.15, 0.2) is 0 Å². The van der Waals surface area contributed by atoms with Crippen molar-refractivity contribution in [1.29, 1.82) is 0 Å². The molecule has 1 aromatic carbocycles. The molecule has 7 nitrogen and oxygen atoms in total. The van der Waals surface area contributed by atoms with Crippen molar-refractivity contribution in [2.24, 2.45) is 0 Å². The number of urea groups is 1. The molecule has 0 radical (unpaired) electrons. The molecule has 2 N–H and O–H groups in total. The molecule has 4 rings (SSSR count). The van der Waals surface area contributed by atoms with Gasteiger partial charge in [0, 0.05) is 31.7 Å². The Labute approximate surface area is 195 Å². The SMILES string of the molecule is O=C(N1Cc2nc(Cl)nc(NCc3cccc(C(F)(F)F)c3)c2C1)N1CCNC(C(F)(F)F)C1. The number of alkyl halides is 6. The molecule has 14 heteroatoms. The summed E-state index contributed by atoms with van der Waals surface area (Å²) in [4.78, 5) is 23.6. The van der Waals surface area contributed by atoms with Crippen LogP contribution in [0.1, 0.15) is 22.4 Å². The Hall–Kier alpha value is -2.80. The van der Waals surface area contributed by atoms with Crippen molar-refractivity contribution in [2.45, 2.75) is 38.0 Å². The number of amides is 2. The van der Waals surface area contributed by atoms with E-state index in [1.807, 2.05) is 0 Å². The Balaban J connectivity index is 1.47. The van der Waals surface area contributed by atoms with Crippen molar-refractivity contribution in [3.05, 3.63) is 51.9 Å². The molecule has 1 aromatic heterocycles. The molecule has 184 valence electrons. The van der Waals surface area contributed by atoms with E-state index in [0.717, 1.165) is 17.0 Å². The molecule has 3 heterocycles. The topological polar surface area (TPSA) is 73.4 Å². The zero-order chi connectivity index (χ0) is 24.7. The van der Waals surface area contributed by atoms with Crippen LogP contribution in [0.25, 0.3) is 0 Å². The van der Waals surface area contributed by atoms with Gasteiger partial charge in [-0.15, -0.1) is 0 Å². The summed E-state index contributed by atoms with van der Waals surface area (Å²) in [6.07, 6.45) is -8.96. The zero-order valence-electron chi connectivity index (χ0n) is 17.5. The largest absolute Gasteiger partial charge is 0.416 e. The number of rotatable bonds is 3. The van der Waals surface area contributed by atoms with E-state index in [0.29, 0.717) is 16.8 Å². The molecular formula is C20H19ClF6N6O. The highest BCUT2D eigenvalue weighted by Gasteiger charge is 2.44. The Morgan fingerprint density at radius 1 is 1.15 bits per heavy atom. The third-order valence-corrected chi connectivity index (χ3v) is 5.75. The fourth-order valence-electron chi connectivity index (χ4n) is 3.89. The van der Waals surface area contributed by atoms with Gasteiger partial charge in [0.25, 0.3) is 0 Å². The van der Waals surface area contributed by atoms with Gasteiger partial charge >= 0.3 is 18.4 Å². The van der Waals surface area contributed by atoms with Crippen molar-refractivity contribution >= 4 is 23.4 Å². The lowest BCUT2D eigenvalue weighted by molar-refractivity contribution is -0.162. The van der Waals surface area contributed by atoms with Crippen LogP contribution >= 0.6 is 11.6 Å². The van der Waals surface area contributed by atoms with E-state index in [2.05, 4.69) is 20.6 Å². The lowest BCUT2D eigenvalue weighted by atomic mass is 10.1. The molecule has 0 saturated carbocycles. The van der Waals surface area contributed by atoms with E-state index >= 15 is 0 Å². The summed E-state index contributed by atoms with van der Waals surface area (Å²) < 4.78 is 78.1. The van der Waals surface area contributed by atoms with Gasteiger partial charge < -0.3 is 20.4 Å². The average molecular weight is 509 g/mol. The number of benzene rings is 1. The maximum Gasteiger partial charge on any atom is 0.416 e. The standard InChI is InChI=1S/C20H19ClF6N6O/c21-17-30-14-9-33(18(34)32-5-4-28-15(10-32)20(25,26)27)8-13(14)16(31-17)29-7-11-2-1-3-12(6-11)19(22,23)24/h1-3,6,15,28H,4-5,7-10H2,(H,29,30,31). The number of hydrogen-bond acceptors (Lipinski definition) is 5. The second-order valence-corrected chi connectivity index (χ2v) is 8.29. The number of aromatic nitrogens is 2. The molecule has 2 aliphatic rings. The number of nitrogens with one attached hydrogen (secondary N) is 2. The molecule has 34 heavy (non-hydrogen) atoms. The quantitative estimate of drug-likeness (QED) is 0.484. The van der Waals surface area contributed by atoms with Crippen molar-refractivity contribution in [3.8, 4) is 0 Å². The molecule has 0 spiro atoms. The summed E-state index contributed by atoms with van der Waals surface area (Å²) in [6, 6.07) is 2.39. The van der Waals surface area contributed by atoms with Crippen LogP contribution in [0.5, 0.6) is 0 Å². The number of nitrogens with zero attached hydrogens (tertiary/aromatic N) is 4. The fourth-order valence-corrected chi connectivity index (χ4v) is 4.08. The lowest BCUT2D eigenvalue weighted by Crippen LogP contribution is -2.59. The van der Waals surface area contributed by atoms with E-state index in [-0.39, 0.29) is 43.8 Å². The van der Waals surface area contributed by atoms with Gasteiger partial charge in [-0.3, -0.25) is 0 Å². The first-order valence-corrected chi connectivity index (χ1v) is 10.6. The van der Waals surface area contributed by atoms with Gasteiger partial charge in [0.2, 0.25) is 5.28 Å². The minimum Gasteiger partial charge on any atom is -0.366 e. The van der Waals surface area contributed by atoms with E-state index in [1.54, 1.807) is 0 Å². The number of halogens is 7. The maximum absolute atomic E-state index is 13.1. The molecule has 0 bridgehead atoms. The highest BCUT2D eigenvalue weighted by molar-refractivity contribution is 6.28. The predicted octanol–water partition coefficient (Wildman–Crippen LogP) is 4.03. The smallest absolute Gasteiger partial charge is 0.366 e. The first-order chi connectivity index (χ1) is 15.9. The number of anilines is 1. The first kappa shape index (κ1) is 24.3. The average Bonchev–Trinajstić information content (AvgIpc) is 3.20. The first-order valence-electron chi connectivity index (χ1n) is 10.2. The second kappa shape index (κ2) is 9.10. The Bertz CT molecular complexity index is 1080. The maximum atomic E-state index is 13.1. The monoisotopic (exact) mass is 508 g/mol. The molecule has 2 aliphatic heterocycles. The normalized spacial score (nSPS) is 18.7. The van der Waals surface area contributed by atoms with Crippen molar-refractivity contribution < 1.29 is 31.1 Å². The van der Waals surface area contributed by atoms with Crippen molar-refractivity contribution in [1.82, 2.24) is 25.1 Å². The highest BCUT2D eigenvalue weighted by Crippen LogP contribution is 2.32. The van der Waals surface area contributed by atoms with E-state index in [1.165, 1.54) is 17.0 Å². The molecule has 2 aromatic rings.